The van der Waals surface area contributed by atoms with E-state index in [0.717, 1.165) is 39.1 Å². The molecule has 1 unspecified atom stereocenters. The van der Waals surface area contributed by atoms with Crippen molar-refractivity contribution in [2.24, 2.45) is 0 Å². The number of carbonyl (C=O) groups excluding carboxylic acids is 1. The van der Waals surface area contributed by atoms with Gasteiger partial charge in [-0.3, -0.25) is 9.69 Å². The average molecular weight is 241 g/mol. The highest BCUT2D eigenvalue weighted by molar-refractivity contribution is 5.76. The predicted molar refractivity (Wildman–Crippen MR) is 70.2 cm³/mol. The molecule has 1 fully saturated rings. The van der Waals surface area contributed by atoms with Gasteiger partial charge in [0.2, 0.25) is 0 Å². The summed E-state index contributed by atoms with van der Waals surface area (Å²) in [6.45, 7) is 7.63. The molecule has 1 rings (SSSR count). The average Bonchev–Trinajstić information content (AvgIpc) is 2.50. The van der Waals surface area contributed by atoms with Gasteiger partial charge < -0.3 is 4.74 Å². The van der Waals surface area contributed by atoms with Crippen molar-refractivity contribution in [2.45, 2.75) is 58.4 Å². The van der Waals surface area contributed by atoms with Gasteiger partial charge in [-0.15, -0.1) is 0 Å². The molecule has 3 nitrogen and oxygen atoms in total. The number of Topliss-reactive ketones (excluding diaryl/α,β-unsaturated/α-hetero) is 1. The van der Waals surface area contributed by atoms with Gasteiger partial charge >= 0.3 is 0 Å². The summed E-state index contributed by atoms with van der Waals surface area (Å²) in [7, 11) is 0. The third-order valence-electron chi connectivity index (χ3n) is 3.46. The molecule has 0 aromatic rings. The summed E-state index contributed by atoms with van der Waals surface area (Å²) in [6.07, 6.45) is 6.88. The summed E-state index contributed by atoms with van der Waals surface area (Å²) in [4.78, 5) is 13.8. The van der Waals surface area contributed by atoms with Gasteiger partial charge in [0, 0.05) is 32.2 Å². The molecule has 3 heteroatoms. The summed E-state index contributed by atoms with van der Waals surface area (Å²) in [5.41, 5.74) is 0. The van der Waals surface area contributed by atoms with Crippen LogP contribution in [0.2, 0.25) is 0 Å². The van der Waals surface area contributed by atoms with Crippen molar-refractivity contribution in [2.75, 3.05) is 26.3 Å². The number of rotatable bonds is 7. The first kappa shape index (κ1) is 14.7. The van der Waals surface area contributed by atoms with E-state index in [2.05, 4.69) is 4.90 Å². The number of hydrogen-bond acceptors (Lipinski definition) is 3. The van der Waals surface area contributed by atoms with Crippen LogP contribution in [0.3, 0.4) is 0 Å². The minimum Gasteiger partial charge on any atom is -0.382 e. The van der Waals surface area contributed by atoms with Gasteiger partial charge in [0.25, 0.3) is 0 Å². The molecule has 0 aromatic heterocycles. The van der Waals surface area contributed by atoms with Gasteiger partial charge in [-0.1, -0.05) is 12.8 Å². The maximum absolute atomic E-state index is 11.3. The Bertz CT molecular complexity index is 218. The molecule has 0 spiro atoms. The van der Waals surface area contributed by atoms with Crippen LogP contribution < -0.4 is 0 Å². The number of ketones is 1. The number of ether oxygens (including phenoxy) is 1. The Morgan fingerprint density at radius 2 is 2.18 bits per heavy atom. The molecular weight excluding hydrogens is 214 g/mol. The Morgan fingerprint density at radius 3 is 2.88 bits per heavy atom. The van der Waals surface area contributed by atoms with E-state index in [-0.39, 0.29) is 0 Å². The summed E-state index contributed by atoms with van der Waals surface area (Å²) in [5.74, 6) is 0.326. The number of carbonyl (C=O) groups is 1. The van der Waals surface area contributed by atoms with E-state index in [1.807, 2.05) is 6.92 Å². The fourth-order valence-corrected chi connectivity index (χ4v) is 2.61. The van der Waals surface area contributed by atoms with Crippen molar-refractivity contribution in [1.82, 2.24) is 4.90 Å². The first-order chi connectivity index (χ1) is 8.24. The number of nitrogens with zero attached hydrogens (tertiary/aromatic N) is 1. The number of likely N-dealkylation sites (tertiary alicyclic amines) is 1. The standard InChI is InChI=1S/C14H27NO2/c1-3-17-11-7-10-15-9-6-4-5-8-14(15)12-13(2)16/h14H,3-12H2,1-2H3. The van der Waals surface area contributed by atoms with Crippen molar-refractivity contribution < 1.29 is 9.53 Å². The molecular formula is C14H27NO2. The lowest BCUT2D eigenvalue weighted by atomic mass is 10.0. The minimum atomic E-state index is 0.326. The molecule has 1 heterocycles. The topological polar surface area (TPSA) is 29.5 Å². The molecule has 0 saturated carbocycles. The molecule has 0 radical (unpaired) electrons. The summed E-state index contributed by atoms with van der Waals surface area (Å²) >= 11 is 0. The van der Waals surface area contributed by atoms with E-state index in [1.54, 1.807) is 6.92 Å². The van der Waals surface area contributed by atoms with Crippen LogP contribution in [0.1, 0.15) is 52.4 Å². The van der Waals surface area contributed by atoms with E-state index < -0.39 is 0 Å². The largest absolute Gasteiger partial charge is 0.382 e. The van der Waals surface area contributed by atoms with Crippen LogP contribution in [0.5, 0.6) is 0 Å². The van der Waals surface area contributed by atoms with Crippen LogP contribution in [0, 0.1) is 0 Å². The lowest BCUT2D eigenvalue weighted by Crippen LogP contribution is -2.37. The van der Waals surface area contributed by atoms with Crippen LogP contribution in [-0.2, 0) is 9.53 Å². The van der Waals surface area contributed by atoms with Gasteiger partial charge in [0.1, 0.15) is 5.78 Å². The molecule has 1 aliphatic heterocycles. The van der Waals surface area contributed by atoms with E-state index in [1.165, 1.54) is 25.7 Å². The highest BCUT2D eigenvalue weighted by atomic mass is 16.5. The van der Waals surface area contributed by atoms with Crippen LogP contribution in [0.15, 0.2) is 0 Å². The van der Waals surface area contributed by atoms with Crippen LogP contribution >= 0.6 is 0 Å². The Morgan fingerprint density at radius 1 is 1.35 bits per heavy atom. The zero-order valence-electron chi connectivity index (χ0n) is 11.4. The summed E-state index contributed by atoms with van der Waals surface area (Å²) < 4.78 is 5.38. The highest BCUT2D eigenvalue weighted by Crippen LogP contribution is 2.19. The van der Waals surface area contributed by atoms with Crippen LogP contribution in [0.4, 0.5) is 0 Å². The summed E-state index contributed by atoms with van der Waals surface area (Å²) in [6, 6.07) is 0.483. The highest BCUT2D eigenvalue weighted by Gasteiger charge is 2.21. The Labute approximate surface area is 106 Å². The maximum Gasteiger partial charge on any atom is 0.131 e. The zero-order chi connectivity index (χ0) is 12.5. The fraction of sp³-hybridized carbons (Fsp3) is 0.929. The lowest BCUT2D eigenvalue weighted by molar-refractivity contribution is -0.118. The monoisotopic (exact) mass is 241 g/mol. The van der Waals surface area contributed by atoms with Gasteiger partial charge in [0.05, 0.1) is 0 Å². The first-order valence-electron chi connectivity index (χ1n) is 7.05. The Balaban J connectivity index is 2.35. The normalized spacial score (nSPS) is 22.4. The third-order valence-corrected chi connectivity index (χ3v) is 3.46. The molecule has 0 aliphatic carbocycles. The van der Waals surface area contributed by atoms with Crippen LogP contribution in [0.25, 0.3) is 0 Å². The molecule has 1 atom stereocenters. The van der Waals surface area contributed by atoms with Crippen molar-refractivity contribution in [1.29, 1.82) is 0 Å². The molecule has 1 saturated heterocycles. The van der Waals surface area contributed by atoms with Crippen molar-refractivity contribution in [3.8, 4) is 0 Å². The second-order valence-electron chi connectivity index (χ2n) is 5.00. The Kier molecular flexibility index (Phi) is 7.45. The van der Waals surface area contributed by atoms with E-state index in [0.29, 0.717) is 11.8 Å². The lowest BCUT2D eigenvalue weighted by Gasteiger charge is -2.29. The van der Waals surface area contributed by atoms with Gasteiger partial charge in [0.15, 0.2) is 0 Å². The van der Waals surface area contributed by atoms with Gasteiger partial charge in [-0.25, -0.2) is 0 Å². The fourth-order valence-electron chi connectivity index (χ4n) is 2.61. The maximum atomic E-state index is 11.3. The molecule has 1 aliphatic rings. The van der Waals surface area contributed by atoms with E-state index in [4.69, 9.17) is 4.74 Å². The van der Waals surface area contributed by atoms with E-state index in [9.17, 15) is 4.79 Å². The SMILES string of the molecule is CCOCCCN1CCCCCC1CC(C)=O. The van der Waals surface area contributed by atoms with Crippen molar-refractivity contribution in [3.63, 3.8) is 0 Å². The van der Waals surface area contributed by atoms with E-state index >= 15 is 0 Å². The van der Waals surface area contributed by atoms with Gasteiger partial charge in [-0.05, 0) is 39.7 Å². The minimum absolute atomic E-state index is 0.326. The molecule has 0 bridgehead atoms. The van der Waals surface area contributed by atoms with Crippen LogP contribution in [-0.4, -0.2) is 43.0 Å². The molecule has 0 amide bonds. The predicted octanol–water partition coefficient (Wildman–Crippen LogP) is 2.64. The van der Waals surface area contributed by atoms with Gasteiger partial charge in [-0.2, -0.15) is 0 Å². The van der Waals surface area contributed by atoms with Crippen molar-refractivity contribution >= 4 is 5.78 Å². The smallest absolute Gasteiger partial charge is 0.131 e. The molecule has 17 heavy (non-hydrogen) atoms. The second kappa shape index (κ2) is 8.65. The molecule has 0 N–H and O–H groups in total. The van der Waals surface area contributed by atoms with Crippen molar-refractivity contribution in [3.05, 3.63) is 0 Å². The molecule has 0 aromatic carbocycles. The quantitative estimate of drug-likeness (QED) is 0.642. The first-order valence-corrected chi connectivity index (χ1v) is 7.05. The summed E-state index contributed by atoms with van der Waals surface area (Å²) in [5, 5.41) is 0. The Hall–Kier alpha value is -0.410. The number of hydrogen-bond donors (Lipinski definition) is 0. The molecule has 100 valence electrons. The second-order valence-corrected chi connectivity index (χ2v) is 5.00. The third kappa shape index (κ3) is 6.18. The zero-order valence-corrected chi connectivity index (χ0v) is 11.4.